The SMILES string of the molecule is CCOC(=O)C(C)[C@@H]1[C@H](CCO[Si@H](C)C(C)(C)C)C(=O)N1[Si](C)(C)C(C)(C)C. The van der Waals surface area contributed by atoms with Crippen molar-refractivity contribution in [1.29, 1.82) is 0 Å². The topological polar surface area (TPSA) is 55.8 Å². The Morgan fingerprint density at radius 3 is 2.18 bits per heavy atom. The first-order valence-electron chi connectivity index (χ1n) is 10.7. The summed E-state index contributed by atoms with van der Waals surface area (Å²) in [5.74, 6) is -0.461. The molecule has 0 bridgehead atoms. The standard InChI is InChI=1S/C21H43NO4Si2/c1-12-25-19(24)15(2)17-16(13-14-26-27(9)20(3,4)5)18(23)22(17)28(10,11)21(6,7)8/h15-17,27H,12-14H2,1-11H3/t15?,16-,17+,27+/m0/s1. The molecule has 0 aromatic carbocycles. The van der Waals surface area contributed by atoms with E-state index in [1.54, 1.807) is 0 Å². The minimum absolute atomic E-state index is 0.0322. The van der Waals surface area contributed by atoms with E-state index in [9.17, 15) is 9.59 Å². The highest BCUT2D eigenvalue weighted by molar-refractivity contribution is 6.80. The normalized spacial score (nSPS) is 23.2. The molecule has 0 aliphatic carbocycles. The summed E-state index contributed by atoms with van der Waals surface area (Å²) in [4.78, 5) is 25.7. The summed E-state index contributed by atoms with van der Waals surface area (Å²) in [7, 11) is -3.39. The number of amides is 1. The lowest BCUT2D eigenvalue weighted by Crippen LogP contribution is -2.74. The third-order valence-electron chi connectivity index (χ3n) is 6.89. The van der Waals surface area contributed by atoms with Crippen LogP contribution in [0.15, 0.2) is 0 Å². The van der Waals surface area contributed by atoms with Gasteiger partial charge in [-0.25, -0.2) is 0 Å². The third kappa shape index (κ3) is 5.27. The van der Waals surface area contributed by atoms with Gasteiger partial charge in [-0.1, -0.05) is 54.6 Å². The molecule has 1 unspecified atom stereocenters. The Labute approximate surface area is 175 Å². The van der Waals surface area contributed by atoms with Gasteiger partial charge in [-0.2, -0.15) is 0 Å². The molecule has 1 saturated heterocycles. The Bertz CT molecular complexity index is 566. The molecule has 0 aromatic heterocycles. The number of esters is 1. The van der Waals surface area contributed by atoms with Gasteiger partial charge in [-0.15, -0.1) is 0 Å². The van der Waals surface area contributed by atoms with Crippen molar-refractivity contribution in [2.75, 3.05) is 13.2 Å². The van der Waals surface area contributed by atoms with Crippen molar-refractivity contribution >= 4 is 29.2 Å². The first-order valence-corrected chi connectivity index (χ1v) is 15.8. The molecule has 28 heavy (non-hydrogen) atoms. The highest BCUT2D eigenvalue weighted by Gasteiger charge is 2.59. The lowest BCUT2D eigenvalue weighted by atomic mass is 9.80. The molecule has 7 heteroatoms. The molecular formula is C21H43NO4Si2. The molecule has 1 heterocycles. The van der Waals surface area contributed by atoms with Crippen LogP contribution in [0.5, 0.6) is 0 Å². The van der Waals surface area contributed by atoms with Gasteiger partial charge in [0, 0.05) is 12.6 Å². The van der Waals surface area contributed by atoms with Gasteiger partial charge in [0.1, 0.15) is 0 Å². The van der Waals surface area contributed by atoms with Gasteiger partial charge in [0.25, 0.3) is 0 Å². The van der Waals surface area contributed by atoms with Gasteiger partial charge >= 0.3 is 5.97 Å². The number of carbonyl (C=O) groups excluding carboxylic acids is 2. The summed E-state index contributed by atoms with van der Waals surface area (Å²) in [6.07, 6.45) is 0.686. The maximum Gasteiger partial charge on any atom is 0.310 e. The summed E-state index contributed by atoms with van der Waals surface area (Å²) in [5.41, 5.74) is 0. The summed E-state index contributed by atoms with van der Waals surface area (Å²) in [6, 6.07) is -0.0809. The smallest absolute Gasteiger partial charge is 0.310 e. The third-order valence-corrected chi connectivity index (χ3v) is 15.5. The molecule has 0 aromatic rings. The van der Waals surface area contributed by atoms with Crippen molar-refractivity contribution in [2.24, 2.45) is 11.8 Å². The minimum Gasteiger partial charge on any atom is -0.466 e. The molecule has 0 radical (unpaired) electrons. The van der Waals surface area contributed by atoms with E-state index >= 15 is 0 Å². The van der Waals surface area contributed by atoms with E-state index in [0.717, 1.165) is 0 Å². The lowest BCUT2D eigenvalue weighted by Gasteiger charge is -2.59. The van der Waals surface area contributed by atoms with E-state index in [0.29, 0.717) is 19.6 Å². The molecule has 164 valence electrons. The van der Waals surface area contributed by atoms with Crippen molar-refractivity contribution in [3.05, 3.63) is 0 Å². The average molecular weight is 430 g/mol. The van der Waals surface area contributed by atoms with Crippen molar-refractivity contribution in [1.82, 2.24) is 4.57 Å². The van der Waals surface area contributed by atoms with E-state index in [-0.39, 0.29) is 39.8 Å². The van der Waals surface area contributed by atoms with Gasteiger partial charge in [-0.05, 0) is 36.9 Å². The fourth-order valence-electron chi connectivity index (χ4n) is 3.48. The number of rotatable bonds is 8. The zero-order valence-corrected chi connectivity index (χ0v) is 22.2. The molecule has 1 fully saturated rings. The summed E-state index contributed by atoms with van der Waals surface area (Å²) in [5, 5.41) is 0.235. The predicted molar refractivity (Wildman–Crippen MR) is 120 cm³/mol. The Hall–Kier alpha value is -0.666. The molecule has 0 N–H and O–H groups in total. The zero-order chi connectivity index (χ0) is 22.1. The monoisotopic (exact) mass is 429 g/mol. The maximum absolute atomic E-state index is 13.2. The van der Waals surface area contributed by atoms with Crippen molar-refractivity contribution in [3.8, 4) is 0 Å². The van der Waals surface area contributed by atoms with Gasteiger partial charge in [0.15, 0.2) is 17.3 Å². The maximum atomic E-state index is 13.2. The Balaban J connectivity index is 3.00. The molecule has 5 nitrogen and oxygen atoms in total. The largest absolute Gasteiger partial charge is 0.466 e. The van der Waals surface area contributed by atoms with Crippen LogP contribution in [0.3, 0.4) is 0 Å². The van der Waals surface area contributed by atoms with Crippen molar-refractivity contribution < 1.29 is 18.8 Å². The van der Waals surface area contributed by atoms with Crippen LogP contribution in [-0.4, -0.2) is 53.0 Å². The number of carbonyl (C=O) groups is 2. The van der Waals surface area contributed by atoms with Gasteiger partial charge in [0.05, 0.1) is 18.4 Å². The highest BCUT2D eigenvalue weighted by atomic mass is 28.3. The van der Waals surface area contributed by atoms with Crippen LogP contribution in [0.1, 0.15) is 61.8 Å². The first-order chi connectivity index (χ1) is 12.6. The van der Waals surface area contributed by atoms with Crippen LogP contribution < -0.4 is 0 Å². The molecular weight excluding hydrogens is 386 g/mol. The summed E-state index contributed by atoms with van der Waals surface area (Å²) in [6.45, 7) is 24.6. The van der Waals surface area contributed by atoms with E-state index < -0.39 is 17.3 Å². The van der Waals surface area contributed by atoms with E-state index in [2.05, 4.69) is 65.7 Å². The number of β-lactam (4-membered cyclic amide) rings is 1. The quantitative estimate of drug-likeness (QED) is 0.322. The molecule has 1 amide bonds. The number of hydrogen-bond donors (Lipinski definition) is 0. The van der Waals surface area contributed by atoms with Crippen LogP contribution in [0, 0.1) is 11.8 Å². The Kier molecular flexibility index (Phi) is 8.16. The zero-order valence-electron chi connectivity index (χ0n) is 20.0. The van der Waals surface area contributed by atoms with Gasteiger partial charge in [0.2, 0.25) is 5.91 Å². The Morgan fingerprint density at radius 2 is 1.75 bits per heavy atom. The van der Waals surface area contributed by atoms with Gasteiger partial charge in [-0.3, -0.25) is 9.59 Å². The highest BCUT2D eigenvalue weighted by Crippen LogP contribution is 2.47. The fourth-order valence-corrected chi connectivity index (χ4v) is 7.06. The number of nitrogens with zero attached hydrogens (tertiary/aromatic N) is 1. The molecule has 1 aliphatic rings. The minimum atomic E-state index is -2.07. The molecule has 0 saturated carbocycles. The second-order valence-corrected chi connectivity index (χ2v) is 19.3. The van der Waals surface area contributed by atoms with E-state index in [1.165, 1.54) is 0 Å². The fraction of sp³-hybridized carbons (Fsp3) is 0.905. The Morgan fingerprint density at radius 1 is 1.21 bits per heavy atom. The van der Waals surface area contributed by atoms with Crippen LogP contribution in [0.25, 0.3) is 0 Å². The summed E-state index contributed by atoms with van der Waals surface area (Å²) < 4.78 is 13.5. The van der Waals surface area contributed by atoms with Crippen molar-refractivity contribution in [3.63, 3.8) is 0 Å². The van der Waals surface area contributed by atoms with E-state index in [4.69, 9.17) is 9.16 Å². The average Bonchev–Trinajstić information content (AvgIpc) is 2.53. The lowest BCUT2D eigenvalue weighted by molar-refractivity contribution is -0.161. The van der Waals surface area contributed by atoms with Crippen LogP contribution in [0.2, 0.25) is 29.7 Å². The van der Waals surface area contributed by atoms with Crippen LogP contribution in [0.4, 0.5) is 0 Å². The second-order valence-electron chi connectivity index (χ2n) is 10.8. The number of hydrogen-bond acceptors (Lipinski definition) is 4. The predicted octanol–water partition coefficient (Wildman–Crippen LogP) is 4.58. The molecule has 4 atom stereocenters. The van der Waals surface area contributed by atoms with Crippen molar-refractivity contribution in [2.45, 2.75) is 97.6 Å². The van der Waals surface area contributed by atoms with Crippen LogP contribution in [-0.2, 0) is 18.8 Å². The number of ether oxygens (including phenoxy) is 1. The molecule has 0 spiro atoms. The van der Waals surface area contributed by atoms with Gasteiger partial charge < -0.3 is 13.7 Å². The molecule has 1 aliphatic heterocycles. The van der Waals surface area contributed by atoms with Crippen LogP contribution >= 0.6 is 0 Å². The van der Waals surface area contributed by atoms with E-state index in [1.807, 2.05) is 13.8 Å². The second kappa shape index (κ2) is 9.00. The first kappa shape index (κ1) is 25.4. The summed E-state index contributed by atoms with van der Waals surface area (Å²) >= 11 is 0. The molecule has 1 rings (SSSR count).